The highest BCUT2D eigenvalue weighted by Crippen LogP contribution is 2.30. The number of halogens is 1. The van der Waals surface area contributed by atoms with Gasteiger partial charge < -0.3 is 5.11 Å². The molecule has 19 heavy (non-hydrogen) atoms. The summed E-state index contributed by atoms with van der Waals surface area (Å²) in [7, 11) is -1.26. The molecule has 0 bridgehead atoms. The van der Waals surface area contributed by atoms with E-state index in [0.29, 0.717) is 10.8 Å². The molecule has 3 atom stereocenters. The van der Waals surface area contributed by atoms with E-state index < -0.39 is 28.1 Å². The summed E-state index contributed by atoms with van der Waals surface area (Å²) in [6.45, 7) is 2.14. The maximum Gasteiger partial charge on any atom is 0.338 e. The number of hydrogen-bond acceptors (Lipinski definition) is 2. The van der Waals surface area contributed by atoms with Gasteiger partial charge in [0.25, 0.3) is 0 Å². The molecule has 104 valence electrons. The largest absolute Gasteiger partial charge is 0.478 e. The Balaban J connectivity index is 2.24. The summed E-state index contributed by atoms with van der Waals surface area (Å²) in [5.74, 6) is -1.57. The van der Waals surface area contributed by atoms with Crippen LogP contribution in [-0.4, -0.2) is 20.5 Å². The van der Waals surface area contributed by atoms with Crippen molar-refractivity contribution in [2.24, 2.45) is 5.92 Å². The molecule has 0 saturated heterocycles. The molecular weight excluding hydrogens is 267 g/mol. The lowest BCUT2D eigenvalue weighted by Crippen LogP contribution is -2.23. The van der Waals surface area contributed by atoms with Gasteiger partial charge in [-0.3, -0.25) is 4.21 Å². The average Bonchev–Trinajstić information content (AvgIpc) is 2.38. The first kappa shape index (κ1) is 14.2. The number of benzene rings is 1. The highest BCUT2D eigenvalue weighted by molar-refractivity contribution is 7.85. The second kappa shape index (κ2) is 5.82. The van der Waals surface area contributed by atoms with E-state index in [2.05, 4.69) is 6.92 Å². The molecule has 0 radical (unpaired) electrons. The molecule has 5 heteroatoms. The summed E-state index contributed by atoms with van der Waals surface area (Å²) in [4.78, 5) is 11.3. The molecule has 0 aromatic heterocycles. The van der Waals surface area contributed by atoms with Gasteiger partial charge >= 0.3 is 5.97 Å². The van der Waals surface area contributed by atoms with E-state index in [1.807, 2.05) is 0 Å². The highest BCUT2D eigenvalue weighted by Gasteiger charge is 2.25. The van der Waals surface area contributed by atoms with Gasteiger partial charge in [-0.15, -0.1) is 0 Å². The molecule has 1 fully saturated rings. The van der Waals surface area contributed by atoms with Crippen LogP contribution in [0.3, 0.4) is 0 Å². The fourth-order valence-corrected chi connectivity index (χ4v) is 4.26. The van der Waals surface area contributed by atoms with Gasteiger partial charge in [0.2, 0.25) is 0 Å². The number of aromatic carboxylic acids is 1. The Hall–Kier alpha value is -1.23. The number of carbonyl (C=O) groups is 1. The van der Waals surface area contributed by atoms with Gasteiger partial charge in [-0.1, -0.05) is 19.8 Å². The number of carboxylic acid groups (broad SMARTS) is 1. The van der Waals surface area contributed by atoms with Crippen LogP contribution in [0.5, 0.6) is 0 Å². The summed E-state index contributed by atoms with van der Waals surface area (Å²) in [6, 6.07) is 3.72. The summed E-state index contributed by atoms with van der Waals surface area (Å²) in [5, 5.41) is 8.94. The van der Waals surface area contributed by atoms with Crippen molar-refractivity contribution in [2.75, 3.05) is 0 Å². The third-order valence-corrected chi connectivity index (χ3v) is 5.34. The minimum Gasteiger partial charge on any atom is -0.478 e. The van der Waals surface area contributed by atoms with Crippen molar-refractivity contribution in [1.29, 1.82) is 0 Å². The topological polar surface area (TPSA) is 54.4 Å². The predicted octanol–water partition coefficient (Wildman–Crippen LogP) is 3.21. The molecule has 0 amide bonds. The van der Waals surface area contributed by atoms with Crippen LogP contribution < -0.4 is 0 Å². The smallest absolute Gasteiger partial charge is 0.338 e. The fraction of sp³-hybridized carbons (Fsp3) is 0.500. The van der Waals surface area contributed by atoms with Crippen molar-refractivity contribution in [3.63, 3.8) is 0 Å². The second-order valence-corrected chi connectivity index (χ2v) is 6.87. The molecule has 1 aromatic carbocycles. The van der Waals surface area contributed by atoms with Gasteiger partial charge in [-0.05, 0) is 37.0 Å². The minimum absolute atomic E-state index is 0.0517. The Labute approximate surface area is 114 Å². The van der Waals surface area contributed by atoms with Crippen LogP contribution in [0.15, 0.2) is 23.1 Å². The van der Waals surface area contributed by atoms with Gasteiger partial charge in [0.15, 0.2) is 0 Å². The van der Waals surface area contributed by atoms with Crippen molar-refractivity contribution in [3.05, 3.63) is 29.6 Å². The lowest BCUT2D eigenvalue weighted by atomic mass is 9.91. The lowest BCUT2D eigenvalue weighted by molar-refractivity contribution is 0.0691. The predicted molar refractivity (Wildman–Crippen MR) is 71.2 cm³/mol. The van der Waals surface area contributed by atoms with Gasteiger partial charge in [0, 0.05) is 10.1 Å². The zero-order valence-electron chi connectivity index (χ0n) is 10.8. The maximum absolute atomic E-state index is 13.3. The zero-order valence-corrected chi connectivity index (χ0v) is 11.6. The molecule has 1 N–H and O–H groups in total. The van der Waals surface area contributed by atoms with Crippen LogP contribution in [0.2, 0.25) is 0 Å². The van der Waals surface area contributed by atoms with Crippen molar-refractivity contribution < 1.29 is 18.5 Å². The third-order valence-electron chi connectivity index (χ3n) is 3.59. The van der Waals surface area contributed by atoms with Gasteiger partial charge in [0.1, 0.15) is 5.82 Å². The normalized spacial score (nSPS) is 24.9. The fourth-order valence-electron chi connectivity index (χ4n) is 2.56. The van der Waals surface area contributed by atoms with E-state index in [-0.39, 0.29) is 5.25 Å². The van der Waals surface area contributed by atoms with E-state index in [4.69, 9.17) is 5.11 Å². The monoisotopic (exact) mass is 284 g/mol. The maximum atomic E-state index is 13.3. The van der Waals surface area contributed by atoms with E-state index in [1.165, 1.54) is 12.1 Å². The van der Waals surface area contributed by atoms with Gasteiger partial charge in [-0.25, -0.2) is 9.18 Å². The SMILES string of the molecule is CC1CCCC(S(=O)c2ccc(F)c(C(=O)O)c2)C1. The van der Waals surface area contributed by atoms with Crippen LogP contribution in [-0.2, 0) is 10.8 Å². The van der Waals surface area contributed by atoms with Crippen LogP contribution in [0.4, 0.5) is 4.39 Å². The van der Waals surface area contributed by atoms with Crippen LogP contribution >= 0.6 is 0 Å². The molecule has 1 aliphatic carbocycles. The first-order valence-corrected chi connectivity index (χ1v) is 7.63. The molecule has 2 rings (SSSR count). The summed E-state index contributed by atoms with van der Waals surface area (Å²) >= 11 is 0. The first-order valence-electron chi connectivity index (χ1n) is 6.42. The molecule has 0 heterocycles. The summed E-state index contributed by atoms with van der Waals surface area (Å²) < 4.78 is 25.7. The van der Waals surface area contributed by atoms with E-state index in [0.717, 1.165) is 31.7 Å². The van der Waals surface area contributed by atoms with Crippen molar-refractivity contribution in [2.45, 2.75) is 42.8 Å². The second-order valence-electron chi connectivity index (χ2n) is 5.14. The Morgan fingerprint density at radius 2 is 2.16 bits per heavy atom. The number of rotatable bonds is 3. The summed E-state index contributed by atoms with van der Waals surface area (Å²) in [6.07, 6.45) is 3.96. The van der Waals surface area contributed by atoms with Crippen LogP contribution in [0.25, 0.3) is 0 Å². The Bertz CT molecular complexity index is 515. The Morgan fingerprint density at radius 1 is 1.42 bits per heavy atom. The lowest BCUT2D eigenvalue weighted by Gasteiger charge is -2.26. The van der Waals surface area contributed by atoms with Crippen molar-refractivity contribution >= 4 is 16.8 Å². The molecule has 3 unspecified atom stereocenters. The average molecular weight is 284 g/mol. The van der Waals surface area contributed by atoms with Gasteiger partial charge in [0.05, 0.1) is 16.4 Å². The molecule has 1 aliphatic rings. The van der Waals surface area contributed by atoms with E-state index in [9.17, 15) is 13.4 Å². The zero-order chi connectivity index (χ0) is 14.0. The quantitative estimate of drug-likeness (QED) is 0.927. The van der Waals surface area contributed by atoms with Crippen molar-refractivity contribution in [1.82, 2.24) is 0 Å². The first-order chi connectivity index (χ1) is 8.99. The standard InChI is InChI=1S/C14H17FO3S/c1-9-3-2-4-10(7-9)19(18)11-5-6-13(15)12(8-11)14(16)17/h5-6,8-10H,2-4,7H2,1H3,(H,16,17). The molecule has 0 aliphatic heterocycles. The molecule has 0 spiro atoms. The number of hydrogen-bond donors (Lipinski definition) is 1. The summed E-state index contributed by atoms with van der Waals surface area (Å²) in [5.41, 5.74) is -0.408. The molecule has 1 aromatic rings. The Morgan fingerprint density at radius 3 is 2.79 bits per heavy atom. The van der Waals surface area contributed by atoms with Crippen molar-refractivity contribution in [3.8, 4) is 0 Å². The molecule has 3 nitrogen and oxygen atoms in total. The van der Waals surface area contributed by atoms with E-state index >= 15 is 0 Å². The third kappa shape index (κ3) is 3.21. The Kier molecular flexibility index (Phi) is 4.34. The van der Waals surface area contributed by atoms with Crippen LogP contribution in [0.1, 0.15) is 43.0 Å². The van der Waals surface area contributed by atoms with Gasteiger partial charge in [-0.2, -0.15) is 0 Å². The van der Waals surface area contributed by atoms with E-state index in [1.54, 1.807) is 0 Å². The highest BCUT2D eigenvalue weighted by atomic mass is 32.2. The van der Waals surface area contributed by atoms with Crippen LogP contribution in [0, 0.1) is 11.7 Å². The minimum atomic E-state index is -1.33. The number of carboxylic acids is 1. The molecule has 1 saturated carbocycles. The molecular formula is C14H17FO3S.